The van der Waals surface area contributed by atoms with Crippen molar-refractivity contribution in [3.63, 3.8) is 0 Å². The first kappa shape index (κ1) is 9.98. The fourth-order valence-corrected chi connectivity index (χ4v) is 1.35. The number of ether oxygens (including phenoxy) is 3. The number of carbonyl (C=O) groups is 1. The molecule has 0 bridgehead atoms. The van der Waals surface area contributed by atoms with Crippen molar-refractivity contribution in [1.82, 2.24) is 0 Å². The molecular weight excluding hydrogens is 196 g/mol. The van der Waals surface area contributed by atoms with Gasteiger partial charge in [-0.05, 0) is 18.2 Å². The van der Waals surface area contributed by atoms with Crippen molar-refractivity contribution in [2.45, 2.75) is 0 Å². The molecule has 0 aliphatic carbocycles. The highest BCUT2D eigenvalue weighted by Crippen LogP contribution is 2.28. The number of hydrogen-bond donors (Lipinski definition) is 0. The van der Waals surface area contributed by atoms with Gasteiger partial charge in [0, 0.05) is 5.56 Å². The molecule has 0 atom stereocenters. The van der Waals surface area contributed by atoms with E-state index in [9.17, 15) is 4.79 Å². The highest BCUT2D eigenvalue weighted by Gasteiger charge is 2.08. The largest absolute Gasteiger partial charge is 0.487 e. The van der Waals surface area contributed by atoms with Crippen LogP contribution in [0.25, 0.3) is 0 Å². The Balaban J connectivity index is 2.25. The van der Waals surface area contributed by atoms with E-state index in [0.717, 1.165) is 6.29 Å². The molecule has 0 amide bonds. The number of aldehydes is 1. The third-order valence-electron chi connectivity index (χ3n) is 2.07. The van der Waals surface area contributed by atoms with Gasteiger partial charge in [0.1, 0.15) is 19.5 Å². The van der Waals surface area contributed by atoms with E-state index in [1.165, 1.54) is 0 Å². The summed E-state index contributed by atoms with van der Waals surface area (Å²) in [6.07, 6.45) is 0.785. The minimum Gasteiger partial charge on any atom is -0.487 e. The van der Waals surface area contributed by atoms with Gasteiger partial charge in [-0.2, -0.15) is 0 Å². The fourth-order valence-electron chi connectivity index (χ4n) is 1.35. The molecule has 0 N–H and O–H groups in total. The monoisotopic (exact) mass is 208 g/mol. The van der Waals surface area contributed by atoms with Crippen molar-refractivity contribution in [1.29, 1.82) is 0 Å². The molecule has 0 fully saturated rings. The number of rotatable bonds is 1. The standard InChI is InChI=1S/C11H12O4/c12-8-9-1-2-10-11(7-9)15-6-4-13-3-5-14-10/h1-2,7-8H,3-6H2. The lowest BCUT2D eigenvalue weighted by atomic mass is 10.2. The molecule has 4 nitrogen and oxygen atoms in total. The summed E-state index contributed by atoms with van der Waals surface area (Å²) in [5, 5.41) is 0. The summed E-state index contributed by atoms with van der Waals surface area (Å²) in [7, 11) is 0. The Bertz CT molecular complexity index is 348. The quantitative estimate of drug-likeness (QED) is 0.652. The van der Waals surface area contributed by atoms with Crippen molar-refractivity contribution >= 4 is 6.29 Å². The second-order valence-electron chi connectivity index (χ2n) is 3.13. The summed E-state index contributed by atoms with van der Waals surface area (Å²) in [5.74, 6) is 1.26. The maximum Gasteiger partial charge on any atom is 0.162 e. The lowest BCUT2D eigenvalue weighted by Crippen LogP contribution is -2.08. The Morgan fingerprint density at radius 1 is 1.00 bits per heavy atom. The van der Waals surface area contributed by atoms with Gasteiger partial charge < -0.3 is 14.2 Å². The Kier molecular flexibility index (Phi) is 3.19. The average molecular weight is 208 g/mol. The summed E-state index contributed by atoms with van der Waals surface area (Å²) in [4.78, 5) is 10.6. The predicted molar refractivity (Wildman–Crippen MR) is 53.6 cm³/mol. The van der Waals surface area contributed by atoms with E-state index in [-0.39, 0.29) is 0 Å². The molecule has 4 heteroatoms. The van der Waals surface area contributed by atoms with E-state index in [1.807, 2.05) is 0 Å². The van der Waals surface area contributed by atoms with E-state index < -0.39 is 0 Å². The molecular formula is C11H12O4. The third-order valence-corrected chi connectivity index (χ3v) is 2.07. The normalized spacial score (nSPS) is 16.0. The molecule has 0 aromatic heterocycles. The number of hydrogen-bond acceptors (Lipinski definition) is 4. The molecule has 80 valence electrons. The van der Waals surface area contributed by atoms with E-state index in [2.05, 4.69) is 0 Å². The van der Waals surface area contributed by atoms with Gasteiger partial charge in [-0.15, -0.1) is 0 Å². The average Bonchev–Trinajstić information content (AvgIpc) is 2.39. The van der Waals surface area contributed by atoms with Crippen molar-refractivity contribution in [3.8, 4) is 11.5 Å². The van der Waals surface area contributed by atoms with E-state index >= 15 is 0 Å². The predicted octanol–water partition coefficient (Wildman–Crippen LogP) is 1.29. The lowest BCUT2D eigenvalue weighted by Gasteiger charge is -2.09. The maximum atomic E-state index is 10.6. The highest BCUT2D eigenvalue weighted by atomic mass is 16.6. The van der Waals surface area contributed by atoms with Crippen LogP contribution in [0, 0.1) is 0 Å². The maximum absolute atomic E-state index is 10.6. The van der Waals surface area contributed by atoms with Crippen LogP contribution in [0.15, 0.2) is 18.2 Å². The zero-order valence-electron chi connectivity index (χ0n) is 8.27. The van der Waals surface area contributed by atoms with Gasteiger partial charge in [0.25, 0.3) is 0 Å². The van der Waals surface area contributed by atoms with Crippen molar-refractivity contribution < 1.29 is 19.0 Å². The Hall–Kier alpha value is -1.55. The second-order valence-corrected chi connectivity index (χ2v) is 3.13. The number of fused-ring (bicyclic) bond motifs is 1. The van der Waals surface area contributed by atoms with Crippen LogP contribution < -0.4 is 9.47 Å². The first-order valence-corrected chi connectivity index (χ1v) is 4.83. The van der Waals surface area contributed by atoms with E-state index in [0.29, 0.717) is 43.5 Å². The molecule has 0 saturated carbocycles. The molecule has 1 heterocycles. The Labute approximate surface area is 87.8 Å². The lowest BCUT2D eigenvalue weighted by molar-refractivity contribution is 0.0877. The zero-order valence-corrected chi connectivity index (χ0v) is 8.27. The summed E-state index contributed by atoms with van der Waals surface area (Å²) >= 11 is 0. The molecule has 0 unspecified atom stereocenters. The van der Waals surface area contributed by atoms with Crippen molar-refractivity contribution in [2.24, 2.45) is 0 Å². The minimum atomic E-state index is 0.471. The molecule has 1 aromatic rings. The van der Waals surface area contributed by atoms with Crippen LogP contribution in [-0.4, -0.2) is 32.7 Å². The van der Waals surface area contributed by atoms with Crippen molar-refractivity contribution in [2.75, 3.05) is 26.4 Å². The topological polar surface area (TPSA) is 44.8 Å². The van der Waals surface area contributed by atoms with Gasteiger partial charge >= 0.3 is 0 Å². The van der Waals surface area contributed by atoms with Crippen LogP contribution in [0.4, 0.5) is 0 Å². The minimum absolute atomic E-state index is 0.471. The molecule has 0 radical (unpaired) electrons. The van der Waals surface area contributed by atoms with Gasteiger partial charge in [0.15, 0.2) is 11.5 Å². The van der Waals surface area contributed by atoms with Crippen LogP contribution in [0.1, 0.15) is 10.4 Å². The van der Waals surface area contributed by atoms with Crippen LogP contribution >= 0.6 is 0 Å². The summed E-state index contributed by atoms with van der Waals surface area (Å²) in [6.45, 7) is 2.06. The summed E-state index contributed by atoms with van der Waals surface area (Å²) in [6, 6.07) is 5.12. The van der Waals surface area contributed by atoms with Gasteiger partial charge in [0.05, 0.1) is 13.2 Å². The SMILES string of the molecule is O=Cc1ccc2c(c1)OCCOCCO2. The van der Waals surface area contributed by atoms with Crippen LogP contribution in [-0.2, 0) is 4.74 Å². The molecule has 1 aliphatic rings. The molecule has 0 spiro atoms. The molecule has 15 heavy (non-hydrogen) atoms. The fraction of sp³-hybridized carbons (Fsp3) is 0.364. The zero-order chi connectivity index (χ0) is 10.5. The highest BCUT2D eigenvalue weighted by molar-refractivity contribution is 5.76. The molecule has 1 aliphatic heterocycles. The first-order chi connectivity index (χ1) is 7.40. The van der Waals surface area contributed by atoms with Gasteiger partial charge in [-0.25, -0.2) is 0 Å². The number of benzene rings is 1. The first-order valence-electron chi connectivity index (χ1n) is 4.83. The summed E-state index contributed by atoms with van der Waals surface area (Å²) < 4.78 is 16.1. The third kappa shape index (κ3) is 2.47. The van der Waals surface area contributed by atoms with Crippen LogP contribution in [0.3, 0.4) is 0 Å². The van der Waals surface area contributed by atoms with Crippen LogP contribution in [0.2, 0.25) is 0 Å². The Morgan fingerprint density at radius 3 is 2.47 bits per heavy atom. The van der Waals surface area contributed by atoms with E-state index in [1.54, 1.807) is 18.2 Å². The molecule has 1 aromatic carbocycles. The van der Waals surface area contributed by atoms with Crippen LogP contribution in [0.5, 0.6) is 11.5 Å². The molecule has 0 saturated heterocycles. The number of carbonyl (C=O) groups excluding carboxylic acids is 1. The van der Waals surface area contributed by atoms with Crippen molar-refractivity contribution in [3.05, 3.63) is 23.8 Å². The smallest absolute Gasteiger partial charge is 0.162 e. The molecule has 2 rings (SSSR count). The second kappa shape index (κ2) is 4.79. The van der Waals surface area contributed by atoms with Gasteiger partial charge in [-0.3, -0.25) is 4.79 Å². The van der Waals surface area contributed by atoms with Gasteiger partial charge in [0.2, 0.25) is 0 Å². The summed E-state index contributed by atoms with van der Waals surface area (Å²) in [5.41, 5.74) is 0.581. The Morgan fingerprint density at radius 2 is 1.73 bits per heavy atom. The van der Waals surface area contributed by atoms with E-state index in [4.69, 9.17) is 14.2 Å². The van der Waals surface area contributed by atoms with Gasteiger partial charge in [-0.1, -0.05) is 0 Å².